The van der Waals surface area contributed by atoms with Crippen LogP contribution < -0.4 is 10.2 Å². The van der Waals surface area contributed by atoms with Crippen LogP contribution in [-0.4, -0.2) is 25.7 Å². The lowest BCUT2D eigenvalue weighted by molar-refractivity contribution is 0.413. The summed E-state index contributed by atoms with van der Waals surface area (Å²) in [6.45, 7) is 4.25. The Kier molecular flexibility index (Phi) is 4.11. The Balaban J connectivity index is 2.08. The van der Waals surface area contributed by atoms with Gasteiger partial charge in [0.05, 0.1) is 5.69 Å². The van der Waals surface area contributed by atoms with Crippen molar-refractivity contribution in [3.05, 3.63) is 29.6 Å². The van der Waals surface area contributed by atoms with Gasteiger partial charge in [0, 0.05) is 19.1 Å². The molecule has 5 heteroatoms. The average molecular weight is 258 g/mol. The van der Waals surface area contributed by atoms with Gasteiger partial charge < -0.3 is 10.2 Å². The molecule has 0 saturated carbocycles. The highest BCUT2D eigenvalue weighted by Crippen LogP contribution is 2.26. The highest BCUT2D eigenvalue weighted by Gasteiger charge is 2.23. The van der Waals surface area contributed by atoms with Gasteiger partial charge in [-0.1, -0.05) is 6.92 Å². The van der Waals surface area contributed by atoms with Crippen LogP contribution in [-0.2, 0) is 0 Å². The Labute approximate surface area is 105 Å². The highest BCUT2D eigenvalue weighted by molar-refractivity contribution is 5.48. The third-order valence-corrected chi connectivity index (χ3v) is 3.34. The van der Waals surface area contributed by atoms with E-state index in [1.54, 1.807) is 4.90 Å². The van der Waals surface area contributed by atoms with E-state index in [1.807, 2.05) is 6.92 Å². The first-order valence-corrected chi connectivity index (χ1v) is 6.25. The van der Waals surface area contributed by atoms with Gasteiger partial charge in [0.2, 0.25) is 0 Å². The molecule has 1 aromatic carbocycles. The average Bonchev–Trinajstić information content (AvgIpc) is 2.38. The number of nitrogens with one attached hydrogen (secondary N) is 1. The van der Waals surface area contributed by atoms with Gasteiger partial charge in [0.25, 0.3) is 0 Å². The van der Waals surface area contributed by atoms with Crippen LogP contribution in [0.2, 0.25) is 0 Å². The van der Waals surface area contributed by atoms with Crippen LogP contribution >= 0.6 is 0 Å². The summed E-state index contributed by atoms with van der Waals surface area (Å²) in [7, 11) is 0. The molecule has 2 nitrogen and oxygen atoms in total. The van der Waals surface area contributed by atoms with Crippen molar-refractivity contribution in [3.63, 3.8) is 0 Å². The molecule has 1 heterocycles. The van der Waals surface area contributed by atoms with Crippen LogP contribution in [0.4, 0.5) is 18.9 Å². The van der Waals surface area contributed by atoms with Crippen LogP contribution in [0.25, 0.3) is 0 Å². The van der Waals surface area contributed by atoms with E-state index in [1.165, 1.54) is 6.07 Å². The summed E-state index contributed by atoms with van der Waals surface area (Å²) in [5.41, 5.74) is 0.156. The summed E-state index contributed by atoms with van der Waals surface area (Å²) >= 11 is 0. The Morgan fingerprint density at radius 3 is 2.44 bits per heavy atom. The second-order valence-electron chi connectivity index (χ2n) is 4.51. The van der Waals surface area contributed by atoms with Crippen molar-refractivity contribution in [2.45, 2.75) is 25.8 Å². The predicted octanol–water partition coefficient (Wildman–Crippen LogP) is 2.68. The lowest BCUT2D eigenvalue weighted by atomic mass is 10.0. The van der Waals surface area contributed by atoms with E-state index in [0.29, 0.717) is 19.1 Å². The standard InChI is InChI=1S/C13H17F3N2/c1-2-17-9-5-7-18(8-6-9)11-4-3-10(14)12(15)13(11)16/h3-4,9,17H,2,5-8H2,1H3. The van der Waals surface area contributed by atoms with E-state index in [2.05, 4.69) is 5.32 Å². The van der Waals surface area contributed by atoms with Crippen molar-refractivity contribution >= 4 is 5.69 Å². The van der Waals surface area contributed by atoms with Gasteiger partial charge in [-0.25, -0.2) is 13.2 Å². The van der Waals surface area contributed by atoms with Gasteiger partial charge in [-0.15, -0.1) is 0 Å². The van der Waals surface area contributed by atoms with E-state index in [4.69, 9.17) is 0 Å². The number of hydrogen-bond acceptors (Lipinski definition) is 2. The number of piperidine rings is 1. The second-order valence-corrected chi connectivity index (χ2v) is 4.51. The second kappa shape index (κ2) is 5.61. The van der Waals surface area contributed by atoms with Crippen LogP contribution in [0, 0.1) is 17.5 Å². The predicted molar refractivity (Wildman–Crippen MR) is 65.2 cm³/mol. The van der Waals surface area contributed by atoms with Gasteiger partial charge >= 0.3 is 0 Å². The maximum Gasteiger partial charge on any atom is 0.196 e. The SMILES string of the molecule is CCNC1CCN(c2ccc(F)c(F)c2F)CC1. The van der Waals surface area contributed by atoms with E-state index in [0.717, 1.165) is 25.5 Å². The van der Waals surface area contributed by atoms with Crippen molar-refractivity contribution in [3.8, 4) is 0 Å². The molecule has 1 aliphatic rings. The van der Waals surface area contributed by atoms with Gasteiger partial charge in [-0.05, 0) is 31.5 Å². The first kappa shape index (κ1) is 13.2. The molecular formula is C13H17F3N2. The van der Waals surface area contributed by atoms with Crippen LogP contribution in [0.5, 0.6) is 0 Å². The molecule has 0 aliphatic carbocycles. The van der Waals surface area contributed by atoms with E-state index in [9.17, 15) is 13.2 Å². The van der Waals surface area contributed by atoms with Gasteiger partial charge in [-0.2, -0.15) is 0 Å². The van der Waals surface area contributed by atoms with Gasteiger partial charge in [0.15, 0.2) is 17.5 Å². The summed E-state index contributed by atoms with van der Waals surface area (Å²) in [6, 6.07) is 2.71. The molecule has 0 amide bonds. The van der Waals surface area contributed by atoms with Crippen LogP contribution in [0.15, 0.2) is 12.1 Å². The number of benzene rings is 1. The molecule has 0 radical (unpaired) electrons. The first-order chi connectivity index (χ1) is 8.63. The largest absolute Gasteiger partial charge is 0.369 e. The normalized spacial score (nSPS) is 17.2. The van der Waals surface area contributed by atoms with Crippen LogP contribution in [0.3, 0.4) is 0 Å². The van der Waals surface area contributed by atoms with Gasteiger partial charge in [0.1, 0.15) is 0 Å². The first-order valence-electron chi connectivity index (χ1n) is 6.25. The lowest BCUT2D eigenvalue weighted by Crippen LogP contribution is -2.42. The molecule has 0 aromatic heterocycles. The van der Waals surface area contributed by atoms with Crippen LogP contribution in [0.1, 0.15) is 19.8 Å². The molecule has 0 atom stereocenters. The van der Waals surface area contributed by atoms with Crippen molar-refractivity contribution in [1.82, 2.24) is 5.32 Å². The molecule has 100 valence electrons. The van der Waals surface area contributed by atoms with Crippen molar-refractivity contribution in [1.29, 1.82) is 0 Å². The highest BCUT2D eigenvalue weighted by atomic mass is 19.2. The van der Waals surface area contributed by atoms with Crippen molar-refractivity contribution in [2.75, 3.05) is 24.5 Å². The number of anilines is 1. The number of rotatable bonds is 3. The molecule has 1 aliphatic heterocycles. The fourth-order valence-electron chi connectivity index (χ4n) is 2.37. The Morgan fingerprint density at radius 2 is 1.83 bits per heavy atom. The monoisotopic (exact) mass is 258 g/mol. The molecule has 1 aromatic rings. The van der Waals surface area contributed by atoms with Gasteiger partial charge in [-0.3, -0.25) is 0 Å². The number of hydrogen-bond donors (Lipinski definition) is 1. The molecule has 1 saturated heterocycles. The molecule has 2 rings (SSSR count). The van der Waals surface area contributed by atoms with E-state index in [-0.39, 0.29) is 5.69 Å². The number of halogens is 3. The Bertz CT molecular complexity index is 415. The Morgan fingerprint density at radius 1 is 1.17 bits per heavy atom. The quantitative estimate of drug-likeness (QED) is 0.839. The smallest absolute Gasteiger partial charge is 0.196 e. The fourth-order valence-corrected chi connectivity index (χ4v) is 2.37. The van der Waals surface area contributed by atoms with Crippen molar-refractivity contribution in [2.24, 2.45) is 0 Å². The third-order valence-electron chi connectivity index (χ3n) is 3.34. The zero-order valence-electron chi connectivity index (χ0n) is 10.3. The molecule has 0 spiro atoms. The summed E-state index contributed by atoms with van der Waals surface area (Å²) in [5, 5.41) is 3.34. The minimum absolute atomic E-state index is 0.156. The summed E-state index contributed by atoms with van der Waals surface area (Å²) in [5.74, 6) is -3.61. The third kappa shape index (κ3) is 2.61. The summed E-state index contributed by atoms with van der Waals surface area (Å²) in [6.07, 6.45) is 1.76. The summed E-state index contributed by atoms with van der Waals surface area (Å²) < 4.78 is 39.6. The maximum absolute atomic E-state index is 13.6. The molecule has 1 N–H and O–H groups in total. The molecule has 0 unspecified atom stereocenters. The van der Waals surface area contributed by atoms with E-state index >= 15 is 0 Å². The fraction of sp³-hybridized carbons (Fsp3) is 0.538. The topological polar surface area (TPSA) is 15.3 Å². The zero-order chi connectivity index (χ0) is 13.1. The minimum atomic E-state index is -1.39. The Hall–Kier alpha value is -1.23. The maximum atomic E-state index is 13.6. The zero-order valence-corrected chi connectivity index (χ0v) is 10.3. The van der Waals surface area contributed by atoms with Crippen molar-refractivity contribution < 1.29 is 13.2 Å². The lowest BCUT2D eigenvalue weighted by Gasteiger charge is -2.34. The molecule has 1 fully saturated rings. The molecular weight excluding hydrogens is 241 g/mol. The number of nitrogens with zero attached hydrogens (tertiary/aromatic N) is 1. The summed E-state index contributed by atoms with van der Waals surface area (Å²) in [4.78, 5) is 1.77. The molecule has 18 heavy (non-hydrogen) atoms. The van der Waals surface area contributed by atoms with E-state index < -0.39 is 17.5 Å². The molecule has 0 bridgehead atoms. The minimum Gasteiger partial charge on any atom is -0.369 e.